The second kappa shape index (κ2) is 38.0. The molecular formula is C80H149NO30Si6. The van der Waals surface area contributed by atoms with E-state index in [0.29, 0.717) is 11.1 Å². The van der Waals surface area contributed by atoms with E-state index < -0.39 is 264 Å². The van der Waals surface area contributed by atoms with Gasteiger partial charge in [-0.25, -0.2) is 0 Å². The highest BCUT2D eigenvalue weighted by atomic mass is 28.4. The maximum Gasteiger partial charge on any atom is 0.192 e. The van der Waals surface area contributed by atoms with Crippen molar-refractivity contribution in [1.29, 1.82) is 5.26 Å². The highest BCUT2D eigenvalue weighted by Gasteiger charge is 2.62. The molecule has 1 aromatic carbocycles. The standard InChI is InChI=1S/C80H149NO30Si6/c1-75(2,3)112(19,20)94-37-45-62-51(82)56(87)69(100-45)106-63-46(38-95-113(21,22)76(4,5)6)101-71(57(88)52(63)83)108-65-48(40-97-115(25,26)78(10,11)12)103-73(59(90)54(65)85)110-67-50(42-99-117(29,30)80(16,17)18)105-74(68(61(67)92)93-36-44-33-31-43(35-81)32-34-44)111-66-49(41-98-116(27,28)79(13,14)15)104-72(60(91)55(66)86)109-64-47(39-96-114(23,24)77(7,8)9)102-70(107-62)58(89)53(64)84/h31-34,45-74,82-92H,36-42H2,1-30H3/t45-,46-,47-,48-,49-,50-,51-,52-,53-,54-,55-,56-,57-,58-,59-,60-,61+,62-,63-,64-,65-,66-,67-,68-,69-,70-,71-,72-,73-,74-/m1/s1. The third-order valence-electron chi connectivity index (χ3n) is 27.6. The first-order valence-electron chi connectivity index (χ1n) is 41.6. The summed E-state index contributed by atoms with van der Waals surface area (Å²) in [6.07, 6.45) is -53.7. The molecule has 1 aromatic rings. The Labute approximate surface area is 701 Å². The van der Waals surface area contributed by atoms with Gasteiger partial charge >= 0.3 is 0 Å². The minimum atomic E-state index is -2.80. The molecule has 22 aliphatic rings. The fourth-order valence-corrected chi connectivity index (χ4v) is 19.0. The summed E-state index contributed by atoms with van der Waals surface area (Å²) in [7, 11) is -16.7. The van der Waals surface area contributed by atoms with E-state index in [4.69, 9.17) is 88.1 Å². The van der Waals surface area contributed by atoms with Gasteiger partial charge < -0.3 is 144 Å². The third-order valence-corrected chi connectivity index (χ3v) is 54.6. The zero-order valence-electron chi connectivity index (χ0n) is 75.2. The predicted octanol–water partition coefficient (Wildman–Crippen LogP) is 7.22. The van der Waals surface area contributed by atoms with Crippen LogP contribution < -0.4 is 0 Å². The van der Waals surface area contributed by atoms with Crippen LogP contribution in [0.4, 0.5) is 0 Å². The average molecular weight is 1770 g/mol. The Morgan fingerprint density at radius 2 is 0.453 bits per heavy atom. The van der Waals surface area contributed by atoms with E-state index in [9.17, 15) is 61.4 Å². The van der Waals surface area contributed by atoms with E-state index in [0.717, 1.165) is 0 Å². The number of nitriles is 1. The van der Waals surface area contributed by atoms with Crippen LogP contribution in [0, 0.1) is 11.3 Å². The molecular weight excluding hydrogens is 1620 g/mol. The number of hydrogen-bond donors (Lipinski definition) is 11. The summed E-state index contributed by atoms with van der Waals surface area (Å²) >= 11 is 0. The van der Waals surface area contributed by atoms with Gasteiger partial charge in [-0.1, -0.05) is 137 Å². The number of ether oxygens (including phenoxy) is 13. The van der Waals surface area contributed by atoms with Crippen LogP contribution in [0.5, 0.6) is 0 Å². The molecule has 0 aromatic heterocycles. The molecule has 22 fully saturated rings. The van der Waals surface area contributed by atoms with Gasteiger partial charge in [-0.2, -0.15) is 5.26 Å². The predicted molar refractivity (Wildman–Crippen MR) is 446 cm³/mol. The maximum absolute atomic E-state index is 13.4. The zero-order chi connectivity index (χ0) is 88.4. The molecule has 12 bridgehead atoms. The molecule has 0 spiro atoms. The second-order valence-electron chi connectivity index (χ2n) is 42.3. The number of rotatable bonds is 21. The quantitative estimate of drug-likeness (QED) is 0.0541. The number of aliphatic hydroxyl groups is 11. The van der Waals surface area contributed by atoms with Gasteiger partial charge in [-0.3, -0.25) is 0 Å². The molecule has 0 amide bonds. The number of benzene rings is 1. The van der Waals surface area contributed by atoms with Gasteiger partial charge in [0, 0.05) is 0 Å². The maximum atomic E-state index is 13.4. The number of hydrogen-bond acceptors (Lipinski definition) is 31. The van der Waals surface area contributed by atoms with Crippen molar-refractivity contribution >= 4 is 49.9 Å². The molecule has 678 valence electrons. The lowest BCUT2D eigenvalue weighted by Crippen LogP contribution is -2.69. The van der Waals surface area contributed by atoms with E-state index in [2.05, 4.69) is 6.07 Å². The van der Waals surface area contributed by atoms with Crippen LogP contribution in [0.25, 0.3) is 0 Å². The van der Waals surface area contributed by atoms with Crippen molar-refractivity contribution in [3.05, 3.63) is 35.4 Å². The summed E-state index contributed by atoms with van der Waals surface area (Å²) < 4.78 is 129. The Bertz CT molecular complexity index is 3360. The molecule has 11 N–H and O–H groups in total. The summed E-state index contributed by atoms with van der Waals surface area (Å²) in [6, 6.07) is 8.60. The van der Waals surface area contributed by atoms with Gasteiger partial charge in [0.05, 0.1) is 57.9 Å². The van der Waals surface area contributed by atoms with Crippen LogP contribution in [-0.4, -0.2) is 330 Å². The zero-order valence-corrected chi connectivity index (χ0v) is 81.2. The first-order valence-corrected chi connectivity index (χ1v) is 59.0. The van der Waals surface area contributed by atoms with E-state index >= 15 is 0 Å². The minimum absolute atomic E-state index is 0.269. The van der Waals surface area contributed by atoms with Crippen LogP contribution in [0.3, 0.4) is 0 Å². The summed E-state index contributed by atoms with van der Waals surface area (Å²) in [4.78, 5) is 0. The molecule has 22 saturated heterocycles. The van der Waals surface area contributed by atoms with Crippen LogP contribution in [0.15, 0.2) is 24.3 Å². The van der Waals surface area contributed by atoms with Crippen molar-refractivity contribution in [3.63, 3.8) is 0 Å². The second-order valence-corrected chi connectivity index (χ2v) is 71.1. The van der Waals surface area contributed by atoms with Crippen LogP contribution >= 0.6 is 0 Å². The van der Waals surface area contributed by atoms with Crippen LogP contribution in [0.1, 0.15) is 136 Å². The van der Waals surface area contributed by atoms with Crippen LogP contribution in [0.2, 0.25) is 109 Å². The van der Waals surface area contributed by atoms with Crippen LogP contribution in [-0.2, 0) is 94.7 Å². The molecule has 0 unspecified atom stereocenters. The molecule has 0 radical (unpaired) electrons. The highest BCUT2D eigenvalue weighted by Crippen LogP contribution is 2.47. The van der Waals surface area contributed by atoms with E-state index in [1.54, 1.807) is 24.3 Å². The molecule has 31 nitrogen and oxygen atoms in total. The summed E-state index contributed by atoms with van der Waals surface area (Å²) in [5, 5.41) is 148. The lowest BCUT2D eigenvalue weighted by Gasteiger charge is -2.52. The first-order chi connectivity index (χ1) is 53.3. The Balaban J connectivity index is 1.33. The van der Waals surface area contributed by atoms with Gasteiger partial charge in [-0.05, 0) is 126 Å². The normalized spacial score (nSPS) is 38.2. The summed E-state index contributed by atoms with van der Waals surface area (Å²) in [5.74, 6) is 0. The molecule has 22 heterocycles. The lowest BCUT2D eigenvalue weighted by molar-refractivity contribution is -0.404. The smallest absolute Gasteiger partial charge is 0.192 e. The van der Waals surface area contributed by atoms with Crippen molar-refractivity contribution in [2.45, 2.75) is 424 Å². The molecule has 37 heteroatoms. The van der Waals surface area contributed by atoms with Crippen molar-refractivity contribution in [3.8, 4) is 6.07 Å². The third kappa shape index (κ3) is 23.4. The molecule has 23 rings (SSSR count). The number of aliphatic hydroxyl groups excluding tert-OH is 11. The van der Waals surface area contributed by atoms with Crippen molar-refractivity contribution < 1.29 is 144 Å². The van der Waals surface area contributed by atoms with Crippen molar-refractivity contribution in [2.75, 3.05) is 39.6 Å². The molecule has 0 aliphatic carbocycles. The Morgan fingerprint density at radius 3 is 0.641 bits per heavy atom. The van der Waals surface area contributed by atoms with E-state index in [1.807, 2.05) is 203 Å². The van der Waals surface area contributed by atoms with Gasteiger partial charge in [-0.15, -0.1) is 0 Å². The molecule has 0 saturated carbocycles. The van der Waals surface area contributed by atoms with Gasteiger partial charge in [0.1, 0.15) is 146 Å². The van der Waals surface area contributed by atoms with E-state index in [1.165, 1.54) is 0 Å². The largest absolute Gasteiger partial charge is 0.414 e. The minimum Gasteiger partial charge on any atom is -0.414 e. The summed E-state index contributed by atoms with van der Waals surface area (Å²) in [5.41, 5.74) is 0.883. The Kier molecular flexibility index (Phi) is 32.9. The van der Waals surface area contributed by atoms with Gasteiger partial charge in [0.2, 0.25) is 0 Å². The summed E-state index contributed by atoms with van der Waals surface area (Å²) in [6.45, 7) is 58.1. The first kappa shape index (κ1) is 101. The molecule has 117 heavy (non-hydrogen) atoms. The molecule has 22 aliphatic heterocycles. The SMILES string of the molecule is CC(C)(C)[Si](C)(C)OC[C@H]1O[C@@H]2O[C@H]3[C@H](O)[C@@H](O)[C@@H](O[C@H]4[C@H](O)[C@@H](O)[C@@H](O[C@H]5[C@H](O)[C@@H](OCc6ccc(C#N)cc6)[C@@H](O[C@H]6[C@H](O)[C@@H](O)[C@@H](O[C@H]7[C@H](O)[C@@H](O)[C@@H](O[C@H]1[C@H](O)[C@H]2O)O[C@@H]7CO[Si](C)(C)C(C)(C)C)O[C@@H]6CO[Si](C)(C)C(C)(C)C)O[C@@H]5CO[Si](C)(C)C(C)(C)C)O[C@@H]4CO[Si](C)(C)C(C)(C)C)O[C@@H]3CO[Si](C)(C)C(C)(C)C. The Morgan fingerprint density at radius 1 is 0.274 bits per heavy atom. The Hall–Kier alpha value is -1.19. The fraction of sp³-hybridized carbons (Fsp3) is 0.912. The molecule has 30 atom stereocenters. The fourth-order valence-electron chi connectivity index (χ4n) is 12.9. The highest BCUT2D eigenvalue weighted by molar-refractivity contribution is 6.76. The van der Waals surface area contributed by atoms with Crippen molar-refractivity contribution in [2.24, 2.45) is 0 Å². The topological polar surface area (TPSA) is 422 Å². The van der Waals surface area contributed by atoms with Gasteiger partial charge in [0.25, 0.3) is 0 Å². The number of nitrogens with zero attached hydrogens (tertiary/aromatic N) is 1. The van der Waals surface area contributed by atoms with E-state index in [-0.39, 0.29) is 46.2 Å². The van der Waals surface area contributed by atoms with Gasteiger partial charge in [0.15, 0.2) is 87.6 Å². The van der Waals surface area contributed by atoms with Crippen molar-refractivity contribution in [1.82, 2.24) is 0 Å². The average Bonchev–Trinajstić information content (AvgIpc) is 0.763. The lowest BCUT2D eigenvalue weighted by atomic mass is 9.94. The monoisotopic (exact) mass is 1770 g/mol.